The molecule has 1 saturated carbocycles. The highest BCUT2D eigenvalue weighted by atomic mass is 32.2. The Hall–Kier alpha value is -2.32. The van der Waals surface area contributed by atoms with E-state index in [1.165, 1.54) is 11.8 Å². The summed E-state index contributed by atoms with van der Waals surface area (Å²) in [7, 11) is -3.08. The molecule has 2 aliphatic heterocycles. The lowest BCUT2D eigenvalue weighted by atomic mass is 10.2. The van der Waals surface area contributed by atoms with Crippen LogP contribution in [0.3, 0.4) is 0 Å². The minimum absolute atomic E-state index is 0.0397. The van der Waals surface area contributed by atoms with Gasteiger partial charge in [-0.25, -0.2) is 8.42 Å². The molecule has 1 aliphatic carbocycles. The highest BCUT2D eigenvalue weighted by molar-refractivity contribution is 8.16. The van der Waals surface area contributed by atoms with Crippen molar-refractivity contribution in [2.24, 2.45) is 10.9 Å². The summed E-state index contributed by atoms with van der Waals surface area (Å²) < 4.78 is 30.2. The maximum Gasteiger partial charge on any atom is 0.251 e. The molecule has 2 saturated heterocycles. The molecule has 0 spiro atoms. The van der Waals surface area contributed by atoms with E-state index in [1.54, 1.807) is 0 Å². The summed E-state index contributed by atoms with van der Waals surface area (Å²) in [6.45, 7) is 0.477. The van der Waals surface area contributed by atoms with Crippen LogP contribution in [-0.4, -0.2) is 42.3 Å². The van der Waals surface area contributed by atoms with Crippen molar-refractivity contribution >= 4 is 38.4 Å². The molecule has 0 unspecified atom stereocenters. The van der Waals surface area contributed by atoms with Crippen molar-refractivity contribution in [1.82, 2.24) is 0 Å². The third-order valence-corrected chi connectivity index (χ3v) is 8.77. The number of carbonyl (C=O) groups is 1. The monoisotopic (exact) mass is 442 g/mol. The lowest BCUT2D eigenvalue weighted by molar-refractivity contribution is -0.118. The molecule has 2 aromatic carbocycles. The van der Waals surface area contributed by atoms with Gasteiger partial charge in [-0.2, -0.15) is 4.99 Å². The van der Waals surface area contributed by atoms with E-state index in [0.717, 1.165) is 29.8 Å². The molecule has 2 heterocycles. The van der Waals surface area contributed by atoms with Crippen LogP contribution >= 0.6 is 11.8 Å². The normalized spacial score (nSPS) is 26.0. The van der Waals surface area contributed by atoms with Crippen LogP contribution in [0.1, 0.15) is 18.4 Å². The van der Waals surface area contributed by atoms with Gasteiger partial charge in [-0.15, -0.1) is 0 Å². The molecule has 156 valence electrons. The Morgan fingerprint density at radius 3 is 2.50 bits per heavy atom. The van der Waals surface area contributed by atoms with E-state index in [0.29, 0.717) is 11.8 Å². The summed E-state index contributed by atoms with van der Waals surface area (Å²) in [5, 5.41) is 0.532. The first kappa shape index (κ1) is 19.6. The predicted molar refractivity (Wildman–Crippen MR) is 119 cm³/mol. The fraction of sp³-hybridized carbons (Fsp3) is 0.364. The van der Waals surface area contributed by atoms with Gasteiger partial charge in [-0.1, -0.05) is 42.1 Å². The first-order valence-electron chi connectivity index (χ1n) is 10.0. The molecule has 2 aromatic rings. The third-order valence-electron chi connectivity index (χ3n) is 5.56. The van der Waals surface area contributed by atoms with E-state index in [9.17, 15) is 13.2 Å². The SMILES string of the molecule is O=C(N=C1S[C@H]2CS(=O)(=O)C[C@@H]2N1c1ccc(OCc2ccccc2)cc1)C1CC1. The fourth-order valence-corrected chi connectivity index (χ4v) is 7.75. The van der Waals surface area contributed by atoms with Crippen LogP contribution in [0.25, 0.3) is 0 Å². The van der Waals surface area contributed by atoms with Gasteiger partial charge in [0.25, 0.3) is 5.91 Å². The molecule has 2 atom stereocenters. The molecule has 0 radical (unpaired) electrons. The highest BCUT2D eigenvalue weighted by Gasteiger charge is 2.49. The lowest BCUT2D eigenvalue weighted by Gasteiger charge is -2.24. The maximum absolute atomic E-state index is 12.3. The number of thioether (sulfide) groups is 1. The topological polar surface area (TPSA) is 76.0 Å². The highest BCUT2D eigenvalue weighted by Crippen LogP contribution is 2.42. The number of rotatable bonds is 5. The molecule has 0 N–H and O–H groups in total. The first-order chi connectivity index (χ1) is 14.5. The standard InChI is InChI=1S/C22H22N2O4S2/c25-21(16-6-7-16)23-22-24(19-13-30(26,27)14-20(19)29-22)17-8-10-18(11-9-17)28-12-15-4-2-1-3-5-15/h1-5,8-11,16,19-20H,6-7,12-14H2/t19-,20-/m0/s1. The first-order valence-corrected chi connectivity index (χ1v) is 12.7. The summed E-state index contributed by atoms with van der Waals surface area (Å²) in [6, 6.07) is 17.3. The Labute approximate surface area is 180 Å². The third kappa shape index (κ3) is 4.11. The molecular weight excluding hydrogens is 420 g/mol. The summed E-state index contributed by atoms with van der Waals surface area (Å²) in [5.41, 5.74) is 1.92. The van der Waals surface area contributed by atoms with Gasteiger partial charge < -0.3 is 9.64 Å². The van der Waals surface area contributed by atoms with Gasteiger partial charge in [0, 0.05) is 16.9 Å². The summed E-state index contributed by atoms with van der Waals surface area (Å²) in [5.74, 6) is 0.907. The number of hydrogen-bond donors (Lipinski definition) is 0. The van der Waals surface area contributed by atoms with Crippen molar-refractivity contribution in [1.29, 1.82) is 0 Å². The van der Waals surface area contributed by atoms with Crippen LogP contribution < -0.4 is 9.64 Å². The molecule has 0 aromatic heterocycles. The van der Waals surface area contributed by atoms with Crippen molar-refractivity contribution in [2.75, 3.05) is 16.4 Å². The average molecular weight is 443 g/mol. The van der Waals surface area contributed by atoms with Crippen molar-refractivity contribution < 1.29 is 17.9 Å². The minimum Gasteiger partial charge on any atom is -0.489 e. The quantitative estimate of drug-likeness (QED) is 0.707. The van der Waals surface area contributed by atoms with Gasteiger partial charge in [0.2, 0.25) is 0 Å². The second-order valence-electron chi connectivity index (χ2n) is 7.95. The number of anilines is 1. The summed E-state index contributed by atoms with van der Waals surface area (Å²) in [6.07, 6.45) is 1.80. The summed E-state index contributed by atoms with van der Waals surface area (Å²) >= 11 is 1.42. The van der Waals surface area contributed by atoms with Crippen molar-refractivity contribution in [2.45, 2.75) is 30.7 Å². The molecule has 0 bridgehead atoms. The number of aliphatic imine (C=N–C) groups is 1. The van der Waals surface area contributed by atoms with E-state index in [4.69, 9.17) is 4.74 Å². The van der Waals surface area contributed by atoms with Crippen LogP contribution in [0.15, 0.2) is 59.6 Å². The lowest BCUT2D eigenvalue weighted by Crippen LogP contribution is -2.37. The smallest absolute Gasteiger partial charge is 0.251 e. The molecule has 6 nitrogen and oxygen atoms in total. The zero-order valence-corrected chi connectivity index (χ0v) is 17.9. The van der Waals surface area contributed by atoms with E-state index in [-0.39, 0.29) is 34.6 Å². The second-order valence-corrected chi connectivity index (χ2v) is 11.3. The Morgan fingerprint density at radius 2 is 1.80 bits per heavy atom. The van der Waals surface area contributed by atoms with Crippen LogP contribution in [0.2, 0.25) is 0 Å². The Balaban J connectivity index is 1.37. The van der Waals surface area contributed by atoms with Crippen LogP contribution in [0, 0.1) is 5.92 Å². The number of hydrogen-bond acceptors (Lipinski definition) is 5. The zero-order chi connectivity index (χ0) is 20.7. The number of nitrogens with zero attached hydrogens (tertiary/aromatic N) is 2. The zero-order valence-electron chi connectivity index (χ0n) is 16.3. The van der Waals surface area contributed by atoms with E-state index >= 15 is 0 Å². The van der Waals surface area contributed by atoms with Crippen LogP contribution in [0.5, 0.6) is 5.75 Å². The molecular formula is C22H22N2O4S2. The molecule has 30 heavy (non-hydrogen) atoms. The Kier molecular flexibility index (Phi) is 5.06. The number of fused-ring (bicyclic) bond motifs is 1. The van der Waals surface area contributed by atoms with Crippen molar-refractivity contribution in [3.63, 3.8) is 0 Å². The number of amides is 1. The number of sulfone groups is 1. The average Bonchev–Trinajstić information content (AvgIpc) is 3.48. The largest absolute Gasteiger partial charge is 0.489 e. The van der Waals surface area contributed by atoms with Crippen LogP contribution in [0.4, 0.5) is 5.69 Å². The van der Waals surface area contributed by atoms with E-state index < -0.39 is 9.84 Å². The molecule has 8 heteroatoms. The number of ether oxygens (including phenoxy) is 1. The van der Waals surface area contributed by atoms with Gasteiger partial charge in [0.05, 0.1) is 17.5 Å². The molecule has 3 aliphatic rings. The van der Waals surface area contributed by atoms with Crippen molar-refractivity contribution in [3.05, 3.63) is 60.2 Å². The predicted octanol–water partition coefficient (Wildman–Crippen LogP) is 3.28. The number of benzene rings is 2. The van der Waals surface area contributed by atoms with Gasteiger partial charge >= 0.3 is 0 Å². The van der Waals surface area contributed by atoms with E-state index in [1.807, 2.05) is 59.5 Å². The fourth-order valence-electron chi connectivity index (χ4n) is 3.83. The minimum atomic E-state index is -3.08. The van der Waals surface area contributed by atoms with Gasteiger partial charge in [0.15, 0.2) is 15.0 Å². The summed E-state index contributed by atoms with van der Waals surface area (Å²) in [4.78, 5) is 18.6. The van der Waals surface area contributed by atoms with Gasteiger partial charge in [-0.3, -0.25) is 4.79 Å². The maximum atomic E-state index is 12.3. The molecule has 3 fully saturated rings. The Bertz CT molecular complexity index is 1080. The molecule has 5 rings (SSSR count). The number of carbonyl (C=O) groups excluding carboxylic acids is 1. The molecule has 1 amide bonds. The number of amidine groups is 1. The second kappa shape index (κ2) is 7.74. The van der Waals surface area contributed by atoms with Crippen LogP contribution in [-0.2, 0) is 21.2 Å². The van der Waals surface area contributed by atoms with Gasteiger partial charge in [0.1, 0.15) is 12.4 Å². The van der Waals surface area contributed by atoms with Gasteiger partial charge in [-0.05, 0) is 42.7 Å². The van der Waals surface area contributed by atoms with Crippen molar-refractivity contribution in [3.8, 4) is 5.75 Å². The Morgan fingerprint density at radius 1 is 1.07 bits per heavy atom. The van der Waals surface area contributed by atoms with E-state index in [2.05, 4.69) is 4.99 Å².